The van der Waals surface area contributed by atoms with E-state index in [4.69, 9.17) is 5.26 Å². The fourth-order valence-corrected chi connectivity index (χ4v) is 1.81. The Kier molecular flexibility index (Phi) is 2.90. The third-order valence-electron chi connectivity index (χ3n) is 1.78. The van der Waals surface area contributed by atoms with Gasteiger partial charge in [-0.25, -0.2) is 9.97 Å². The molecule has 15 heavy (non-hydrogen) atoms. The normalized spacial score (nSPS) is 9.53. The van der Waals surface area contributed by atoms with Crippen molar-refractivity contribution in [1.82, 2.24) is 9.97 Å². The predicted molar refractivity (Wildman–Crippen MR) is 59.4 cm³/mol. The molecule has 0 fully saturated rings. The molecule has 0 atom stereocenters. The average Bonchev–Trinajstić information content (AvgIpc) is 2.80. The molecule has 2 aromatic heterocycles. The minimum Gasteiger partial charge on any atom is -0.341 e. The molecule has 4 nitrogen and oxygen atoms in total. The van der Waals surface area contributed by atoms with Crippen LogP contribution in [0.2, 0.25) is 0 Å². The Morgan fingerprint density at radius 3 is 2.80 bits per heavy atom. The van der Waals surface area contributed by atoms with Gasteiger partial charge in [0.1, 0.15) is 6.54 Å². The van der Waals surface area contributed by atoms with Crippen LogP contribution in [0.4, 0.5) is 5.95 Å². The molecule has 0 radical (unpaired) electrons. The number of nitrogens with zero attached hydrogens (tertiary/aromatic N) is 3. The number of rotatable bonds is 3. The van der Waals surface area contributed by atoms with Gasteiger partial charge in [-0.05, 0) is 11.4 Å². The highest BCUT2D eigenvalue weighted by Gasteiger charge is 2.00. The van der Waals surface area contributed by atoms with Crippen molar-refractivity contribution in [1.29, 1.82) is 5.26 Å². The lowest BCUT2D eigenvalue weighted by Crippen LogP contribution is -2.02. The number of nitriles is 1. The molecule has 0 aliphatic heterocycles. The molecule has 1 N–H and O–H groups in total. The predicted octanol–water partition coefficient (Wildman–Crippen LogP) is 2.14. The van der Waals surface area contributed by atoms with Crippen molar-refractivity contribution in [2.24, 2.45) is 0 Å². The number of nitrogens with one attached hydrogen (secondary N) is 1. The van der Waals surface area contributed by atoms with E-state index >= 15 is 0 Å². The summed E-state index contributed by atoms with van der Waals surface area (Å²) in [5.41, 5.74) is 0.993. The molecule has 0 saturated carbocycles. The first-order valence-electron chi connectivity index (χ1n) is 4.37. The molecule has 0 bridgehead atoms. The van der Waals surface area contributed by atoms with Gasteiger partial charge >= 0.3 is 0 Å². The third kappa shape index (κ3) is 2.30. The van der Waals surface area contributed by atoms with Crippen LogP contribution in [-0.2, 0) is 0 Å². The number of thiophene rings is 1. The van der Waals surface area contributed by atoms with Gasteiger partial charge < -0.3 is 5.32 Å². The number of anilines is 1. The van der Waals surface area contributed by atoms with E-state index in [1.54, 1.807) is 23.7 Å². The van der Waals surface area contributed by atoms with Crippen LogP contribution in [0.5, 0.6) is 0 Å². The van der Waals surface area contributed by atoms with Crippen LogP contribution in [-0.4, -0.2) is 16.5 Å². The van der Waals surface area contributed by atoms with E-state index in [9.17, 15) is 0 Å². The van der Waals surface area contributed by atoms with Gasteiger partial charge in [0.25, 0.3) is 0 Å². The molecule has 5 heteroatoms. The van der Waals surface area contributed by atoms with Crippen molar-refractivity contribution < 1.29 is 0 Å². The Balaban J connectivity index is 2.15. The summed E-state index contributed by atoms with van der Waals surface area (Å²) in [6.45, 7) is 0.221. The quantitative estimate of drug-likeness (QED) is 0.798. The SMILES string of the molecule is N#CCNc1ncc(-c2cccs2)cn1. The lowest BCUT2D eigenvalue weighted by Gasteiger charge is -2.00. The first-order valence-corrected chi connectivity index (χ1v) is 5.25. The molecule has 0 spiro atoms. The standard InChI is InChI=1S/C10H8N4S/c11-3-4-12-10-13-6-8(7-14-10)9-2-1-5-15-9/h1-2,5-7H,4H2,(H,12,13,14). The Hall–Kier alpha value is -1.93. The Morgan fingerprint density at radius 2 is 2.20 bits per heavy atom. The van der Waals surface area contributed by atoms with Gasteiger partial charge in [-0.15, -0.1) is 11.3 Å². The van der Waals surface area contributed by atoms with Crippen LogP contribution < -0.4 is 5.32 Å². The smallest absolute Gasteiger partial charge is 0.223 e. The molecule has 2 rings (SSSR count). The van der Waals surface area contributed by atoms with Crippen molar-refractivity contribution in [3.63, 3.8) is 0 Å². The monoisotopic (exact) mass is 216 g/mol. The van der Waals surface area contributed by atoms with Crippen molar-refractivity contribution in [3.8, 4) is 16.5 Å². The van der Waals surface area contributed by atoms with Gasteiger partial charge in [-0.2, -0.15) is 5.26 Å². The van der Waals surface area contributed by atoms with Gasteiger partial charge in [0.15, 0.2) is 0 Å². The minimum atomic E-state index is 0.221. The number of aromatic nitrogens is 2. The van der Waals surface area contributed by atoms with Crippen LogP contribution in [0.25, 0.3) is 10.4 Å². The van der Waals surface area contributed by atoms with Crippen molar-refractivity contribution in [2.75, 3.05) is 11.9 Å². The molecule has 74 valence electrons. The van der Waals surface area contributed by atoms with E-state index in [0.717, 1.165) is 10.4 Å². The van der Waals surface area contributed by atoms with Gasteiger partial charge in [-0.3, -0.25) is 0 Å². The van der Waals surface area contributed by atoms with E-state index in [1.165, 1.54) is 0 Å². The zero-order valence-electron chi connectivity index (χ0n) is 7.84. The molecule has 0 aliphatic carbocycles. The topological polar surface area (TPSA) is 61.6 Å². The molecule has 2 aromatic rings. The molecule has 0 unspecified atom stereocenters. The number of hydrogen-bond acceptors (Lipinski definition) is 5. The first kappa shape index (κ1) is 9.62. The van der Waals surface area contributed by atoms with Crippen molar-refractivity contribution >= 4 is 17.3 Å². The molecular formula is C10H8N4S. The van der Waals surface area contributed by atoms with Crippen LogP contribution in [0.3, 0.4) is 0 Å². The fraction of sp³-hybridized carbons (Fsp3) is 0.100. The van der Waals surface area contributed by atoms with E-state index in [2.05, 4.69) is 15.3 Å². The first-order chi connectivity index (χ1) is 7.40. The van der Waals surface area contributed by atoms with Gasteiger partial charge in [0, 0.05) is 22.8 Å². The van der Waals surface area contributed by atoms with E-state index in [0.29, 0.717) is 5.95 Å². The molecular weight excluding hydrogens is 208 g/mol. The largest absolute Gasteiger partial charge is 0.341 e. The third-order valence-corrected chi connectivity index (χ3v) is 2.70. The summed E-state index contributed by atoms with van der Waals surface area (Å²) in [6, 6.07) is 5.98. The molecule has 0 aliphatic rings. The highest BCUT2D eigenvalue weighted by atomic mass is 32.1. The van der Waals surface area contributed by atoms with Crippen LogP contribution in [0, 0.1) is 11.3 Å². The minimum absolute atomic E-state index is 0.221. The van der Waals surface area contributed by atoms with E-state index in [-0.39, 0.29) is 6.54 Å². The Labute approximate surface area is 91.2 Å². The lowest BCUT2D eigenvalue weighted by molar-refractivity contribution is 1.12. The van der Waals surface area contributed by atoms with Gasteiger partial charge in [0.05, 0.1) is 6.07 Å². The second-order valence-corrected chi connectivity index (χ2v) is 3.73. The molecule has 2 heterocycles. The molecule has 0 aromatic carbocycles. The number of hydrogen-bond donors (Lipinski definition) is 1. The summed E-state index contributed by atoms with van der Waals surface area (Å²) in [6.07, 6.45) is 3.50. The second kappa shape index (κ2) is 4.53. The maximum Gasteiger partial charge on any atom is 0.223 e. The van der Waals surface area contributed by atoms with Crippen molar-refractivity contribution in [3.05, 3.63) is 29.9 Å². The highest BCUT2D eigenvalue weighted by molar-refractivity contribution is 7.13. The second-order valence-electron chi connectivity index (χ2n) is 2.78. The molecule has 0 saturated heterocycles. The van der Waals surface area contributed by atoms with Gasteiger partial charge in [-0.1, -0.05) is 6.07 Å². The summed E-state index contributed by atoms with van der Waals surface area (Å²) in [7, 11) is 0. The lowest BCUT2D eigenvalue weighted by atomic mass is 10.3. The highest BCUT2D eigenvalue weighted by Crippen LogP contribution is 2.23. The van der Waals surface area contributed by atoms with E-state index < -0.39 is 0 Å². The Bertz CT molecular complexity index is 455. The Morgan fingerprint density at radius 1 is 1.40 bits per heavy atom. The summed E-state index contributed by atoms with van der Waals surface area (Å²) in [5, 5.41) is 13.2. The van der Waals surface area contributed by atoms with Crippen LogP contribution in [0.15, 0.2) is 29.9 Å². The zero-order chi connectivity index (χ0) is 10.5. The maximum atomic E-state index is 8.37. The van der Waals surface area contributed by atoms with Crippen LogP contribution >= 0.6 is 11.3 Å². The summed E-state index contributed by atoms with van der Waals surface area (Å²) in [5.74, 6) is 0.483. The summed E-state index contributed by atoms with van der Waals surface area (Å²) in [4.78, 5) is 9.35. The van der Waals surface area contributed by atoms with Crippen molar-refractivity contribution in [2.45, 2.75) is 0 Å². The average molecular weight is 216 g/mol. The zero-order valence-corrected chi connectivity index (χ0v) is 8.66. The van der Waals surface area contributed by atoms with Gasteiger partial charge in [0.2, 0.25) is 5.95 Å². The van der Waals surface area contributed by atoms with Crippen LogP contribution in [0.1, 0.15) is 0 Å². The molecule has 0 amide bonds. The summed E-state index contributed by atoms with van der Waals surface area (Å²) < 4.78 is 0. The maximum absolute atomic E-state index is 8.37. The fourth-order valence-electron chi connectivity index (χ4n) is 1.11. The summed E-state index contributed by atoms with van der Waals surface area (Å²) >= 11 is 1.65. The van der Waals surface area contributed by atoms with E-state index in [1.807, 2.05) is 23.6 Å².